The molecule has 0 spiro atoms. The SMILES string of the molecule is C1=COCNCN1. The van der Waals surface area contributed by atoms with E-state index in [0.717, 1.165) is 6.67 Å². The number of hydrogen-bond donors (Lipinski definition) is 2. The van der Waals surface area contributed by atoms with E-state index in [1.54, 1.807) is 12.5 Å². The van der Waals surface area contributed by atoms with Gasteiger partial charge in [-0.1, -0.05) is 0 Å². The summed E-state index contributed by atoms with van der Waals surface area (Å²) in [4.78, 5) is 0. The van der Waals surface area contributed by atoms with Crippen LogP contribution in [0.25, 0.3) is 0 Å². The van der Waals surface area contributed by atoms with Crippen LogP contribution in [0.3, 0.4) is 0 Å². The summed E-state index contributed by atoms with van der Waals surface area (Å²) in [5.74, 6) is 0. The molecular weight excluding hydrogens is 92.1 g/mol. The molecular formula is C4H8N2O. The zero-order valence-corrected chi connectivity index (χ0v) is 3.98. The summed E-state index contributed by atoms with van der Waals surface area (Å²) < 4.78 is 4.84. The maximum Gasteiger partial charge on any atom is 0.140 e. The second-order valence-electron chi connectivity index (χ2n) is 1.24. The lowest BCUT2D eigenvalue weighted by molar-refractivity contribution is 0.230. The van der Waals surface area contributed by atoms with Gasteiger partial charge in [0.15, 0.2) is 0 Å². The van der Waals surface area contributed by atoms with Gasteiger partial charge in [-0.2, -0.15) is 0 Å². The molecule has 0 bridgehead atoms. The van der Waals surface area contributed by atoms with Crippen LogP contribution in [0.15, 0.2) is 12.5 Å². The average Bonchev–Trinajstić information content (AvgIpc) is 1.90. The molecule has 7 heavy (non-hydrogen) atoms. The Labute approximate surface area is 42.4 Å². The highest BCUT2D eigenvalue weighted by Gasteiger charge is 1.83. The van der Waals surface area contributed by atoms with E-state index in [9.17, 15) is 0 Å². The molecule has 0 saturated carbocycles. The molecule has 3 nitrogen and oxygen atoms in total. The van der Waals surface area contributed by atoms with Crippen LogP contribution in [0.4, 0.5) is 0 Å². The Morgan fingerprint density at radius 3 is 3.57 bits per heavy atom. The first kappa shape index (κ1) is 4.46. The number of hydrogen-bond acceptors (Lipinski definition) is 3. The Morgan fingerprint density at radius 1 is 1.57 bits per heavy atom. The third-order valence-electron chi connectivity index (χ3n) is 0.695. The summed E-state index contributed by atoms with van der Waals surface area (Å²) in [6, 6.07) is 0. The molecule has 0 aromatic rings. The molecule has 1 aliphatic rings. The number of rotatable bonds is 0. The van der Waals surface area contributed by atoms with E-state index in [2.05, 4.69) is 10.6 Å². The van der Waals surface area contributed by atoms with Crippen LogP contribution in [-0.2, 0) is 4.74 Å². The minimum atomic E-state index is 0.601. The first-order valence-corrected chi connectivity index (χ1v) is 2.21. The third kappa shape index (κ3) is 1.45. The molecule has 0 fully saturated rings. The van der Waals surface area contributed by atoms with Crippen molar-refractivity contribution >= 4 is 0 Å². The highest BCUT2D eigenvalue weighted by atomic mass is 16.5. The van der Waals surface area contributed by atoms with Crippen LogP contribution >= 0.6 is 0 Å². The Kier molecular flexibility index (Phi) is 1.57. The predicted molar refractivity (Wildman–Crippen MR) is 26.2 cm³/mol. The van der Waals surface area contributed by atoms with Crippen molar-refractivity contribution in [2.45, 2.75) is 0 Å². The molecule has 0 amide bonds. The van der Waals surface area contributed by atoms with Gasteiger partial charge in [0, 0.05) is 6.20 Å². The molecule has 3 heteroatoms. The summed E-state index contributed by atoms with van der Waals surface area (Å²) in [6.07, 6.45) is 3.39. The summed E-state index contributed by atoms with van der Waals surface area (Å²) in [5, 5.41) is 5.88. The summed E-state index contributed by atoms with van der Waals surface area (Å²) >= 11 is 0. The number of ether oxygens (including phenoxy) is 1. The van der Waals surface area contributed by atoms with E-state index in [4.69, 9.17) is 4.74 Å². The minimum absolute atomic E-state index is 0.601. The van der Waals surface area contributed by atoms with Crippen molar-refractivity contribution in [1.29, 1.82) is 0 Å². The first-order chi connectivity index (χ1) is 3.50. The Morgan fingerprint density at radius 2 is 2.57 bits per heavy atom. The van der Waals surface area contributed by atoms with Gasteiger partial charge in [0.05, 0.1) is 6.67 Å². The van der Waals surface area contributed by atoms with Crippen LogP contribution in [0.1, 0.15) is 0 Å². The Balaban J connectivity index is 2.20. The molecule has 0 saturated heterocycles. The van der Waals surface area contributed by atoms with Crippen molar-refractivity contribution in [3.63, 3.8) is 0 Å². The van der Waals surface area contributed by atoms with Crippen molar-refractivity contribution in [2.24, 2.45) is 0 Å². The molecule has 0 atom stereocenters. The van der Waals surface area contributed by atoms with Crippen molar-refractivity contribution in [2.75, 3.05) is 13.4 Å². The van der Waals surface area contributed by atoms with Crippen molar-refractivity contribution in [3.8, 4) is 0 Å². The van der Waals surface area contributed by atoms with Crippen molar-refractivity contribution < 1.29 is 4.74 Å². The summed E-state index contributed by atoms with van der Waals surface area (Å²) in [5.41, 5.74) is 0. The fraction of sp³-hybridized carbons (Fsp3) is 0.500. The van der Waals surface area contributed by atoms with Crippen LogP contribution in [0, 0.1) is 0 Å². The Hall–Kier alpha value is -0.700. The van der Waals surface area contributed by atoms with Gasteiger partial charge in [-0.25, -0.2) is 0 Å². The highest BCUT2D eigenvalue weighted by molar-refractivity contribution is 4.71. The maximum absolute atomic E-state index is 4.84. The van der Waals surface area contributed by atoms with Gasteiger partial charge in [-0.15, -0.1) is 0 Å². The van der Waals surface area contributed by atoms with E-state index in [1.807, 2.05) is 0 Å². The molecule has 0 aromatic heterocycles. The smallest absolute Gasteiger partial charge is 0.140 e. The maximum atomic E-state index is 4.84. The van der Waals surface area contributed by atoms with E-state index < -0.39 is 0 Å². The molecule has 0 unspecified atom stereocenters. The number of nitrogens with one attached hydrogen (secondary N) is 2. The monoisotopic (exact) mass is 100 g/mol. The summed E-state index contributed by atoms with van der Waals surface area (Å²) in [7, 11) is 0. The normalized spacial score (nSPS) is 19.4. The molecule has 40 valence electrons. The fourth-order valence-corrected chi connectivity index (χ4v) is 0.385. The van der Waals surface area contributed by atoms with Gasteiger partial charge in [0.2, 0.25) is 0 Å². The van der Waals surface area contributed by atoms with Crippen LogP contribution in [0.2, 0.25) is 0 Å². The van der Waals surface area contributed by atoms with Gasteiger partial charge < -0.3 is 10.1 Å². The van der Waals surface area contributed by atoms with Gasteiger partial charge in [-0.05, 0) is 0 Å². The molecule has 2 N–H and O–H groups in total. The lowest BCUT2D eigenvalue weighted by atomic mass is 10.9. The molecule has 0 radical (unpaired) electrons. The molecule has 0 aliphatic carbocycles. The zero-order chi connectivity index (χ0) is 4.95. The second-order valence-corrected chi connectivity index (χ2v) is 1.24. The van der Waals surface area contributed by atoms with Crippen molar-refractivity contribution in [1.82, 2.24) is 10.6 Å². The predicted octanol–water partition coefficient (Wildman–Crippen LogP) is -0.418. The molecule has 1 rings (SSSR count). The van der Waals surface area contributed by atoms with Gasteiger partial charge >= 0.3 is 0 Å². The van der Waals surface area contributed by atoms with Gasteiger partial charge in [0.1, 0.15) is 13.0 Å². The van der Waals surface area contributed by atoms with E-state index in [0.29, 0.717) is 6.73 Å². The molecule has 0 aromatic carbocycles. The fourth-order valence-electron chi connectivity index (χ4n) is 0.385. The second kappa shape index (κ2) is 2.47. The van der Waals surface area contributed by atoms with Gasteiger partial charge in [0.25, 0.3) is 0 Å². The standard InChI is InChI=1S/C4H8N2O/c1-2-7-4-6-3-5-1/h1-2,5-6H,3-4H2. The lowest BCUT2D eigenvalue weighted by Crippen LogP contribution is -2.23. The van der Waals surface area contributed by atoms with E-state index >= 15 is 0 Å². The van der Waals surface area contributed by atoms with Gasteiger partial charge in [-0.3, -0.25) is 5.32 Å². The quantitative estimate of drug-likeness (QED) is 0.434. The largest absolute Gasteiger partial charge is 0.484 e. The first-order valence-electron chi connectivity index (χ1n) is 2.21. The average molecular weight is 100 g/mol. The highest BCUT2D eigenvalue weighted by Crippen LogP contribution is 1.74. The van der Waals surface area contributed by atoms with E-state index in [-0.39, 0.29) is 0 Å². The zero-order valence-electron chi connectivity index (χ0n) is 3.98. The van der Waals surface area contributed by atoms with Crippen LogP contribution < -0.4 is 10.6 Å². The minimum Gasteiger partial charge on any atom is -0.484 e. The lowest BCUT2D eigenvalue weighted by Gasteiger charge is -1.95. The molecule has 1 aliphatic heterocycles. The van der Waals surface area contributed by atoms with Crippen LogP contribution in [0.5, 0.6) is 0 Å². The van der Waals surface area contributed by atoms with E-state index in [1.165, 1.54) is 0 Å². The topological polar surface area (TPSA) is 33.3 Å². The van der Waals surface area contributed by atoms with Crippen LogP contribution in [-0.4, -0.2) is 13.4 Å². The summed E-state index contributed by atoms with van der Waals surface area (Å²) in [6.45, 7) is 1.39. The van der Waals surface area contributed by atoms with Crippen molar-refractivity contribution in [3.05, 3.63) is 12.5 Å². The third-order valence-corrected chi connectivity index (χ3v) is 0.695. The molecule has 1 heterocycles. The Bertz CT molecular complexity index is 64.1.